The third-order valence-corrected chi connectivity index (χ3v) is 7.15. The van der Waals surface area contributed by atoms with Gasteiger partial charge >= 0.3 is 0 Å². The Kier molecular flexibility index (Phi) is 9.29. The zero-order chi connectivity index (χ0) is 25.3. The Balaban J connectivity index is 1.57. The molecule has 5 heteroatoms. The van der Waals surface area contributed by atoms with Crippen molar-refractivity contribution >= 4 is 8.32 Å². The molecule has 3 atom stereocenters. The molecule has 0 amide bonds. The first-order valence-corrected chi connectivity index (χ1v) is 16.1. The quantitative estimate of drug-likeness (QED) is 0.199. The molecule has 190 valence electrons. The molecule has 3 aromatic carbocycles. The van der Waals surface area contributed by atoms with Crippen LogP contribution >= 0.6 is 0 Å². The van der Waals surface area contributed by atoms with Gasteiger partial charge < -0.3 is 18.6 Å². The van der Waals surface area contributed by atoms with Crippen molar-refractivity contribution in [2.75, 3.05) is 6.61 Å². The molecule has 0 heterocycles. The van der Waals surface area contributed by atoms with Crippen LogP contribution in [0.2, 0.25) is 19.6 Å². The zero-order valence-electron chi connectivity index (χ0n) is 21.6. The van der Waals surface area contributed by atoms with Gasteiger partial charge in [-0.1, -0.05) is 103 Å². The summed E-state index contributed by atoms with van der Waals surface area (Å²) >= 11 is 0. The number of hydrogen-bond acceptors (Lipinski definition) is 4. The number of ether oxygens (including phenoxy) is 3. The topological polar surface area (TPSA) is 36.9 Å². The first kappa shape index (κ1) is 26.5. The summed E-state index contributed by atoms with van der Waals surface area (Å²) in [6.45, 7) is 8.62. The lowest BCUT2D eigenvalue weighted by Crippen LogP contribution is -2.60. The molecule has 1 aliphatic carbocycles. The summed E-state index contributed by atoms with van der Waals surface area (Å²) < 4.78 is 26.4. The van der Waals surface area contributed by atoms with Crippen molar-refractivity contribution in [2.24, 2.45) is 0 Å². The van der Waals surface area contributed by atoms with Gasteiger partial charge in [0, 0.05) is 0 Å². The van der Waals surface area contributed by atoms with E-state index in [1.807, 2.05) is 54.6 Å². The van der Waals surface area contributed by atoms with Crippen LogP contribution in [-0.2, 0) is 38.5 Å². The fraction of sp³-hybridized carbons (Fsp3) is 0.355. The molecule has 36 heavy (non-hydrogen) atoms. The largest absolute Gasteiger partial charge is 0.407 e. The predicted octanol–water partition coefficient (Wildman–Crippen LogP) is 6.92. The van der Waals surface area contributed by atoms with Gasteiger partial charge in [-0.2, -0.15) is 0 Å². The van der Waals surface area contributed by atoms with Crippen molar-refractivity contribution in [1.29, 1.82) is 0 Å². The average molecular weight is 503 g/mol. The number of benzene rings is 3. The maximum Gasteiger partial charge on any atom is 0.184 e. The molecule has 0 spiro atoms. The van der Waals surface area contributed by atoms with E-state index < -0.39 is 13.9 Å². The van der Waals surface area contributed by atoms with Gasteiger partial charge in [-0.05, 0) is 42.8 Å². The van der Waals surface area contributed by atoms with Crippen LogP contribution < -0.4 is 0 Å². The molecule has 0 fully saturated rings. The molecule has 0 saturated carbocycles. The highest BCUT2D eigenvalue weighted by atomic mass is 28.4. The van der Waals surface area contributed by atoms with Crippen LogP contribution in [0.1, 0.15) is 23.1 Å². The van der Waals surface area contributed by atoms with Gasteiger partial charge in [0.05, 0.1) is 26.4 Å². The molecule has 0 radical (unpaired) electrons. The minimum Gasteiger partial charge on any atom is -0.407 e. The standard InChI is InChI=1S/C31H38O4Si/c1-36(2,3)35-31(25-32-22-26-14-7-4-8-15-26)21-13-20-29(33-23-27-16-9-5-10-17-27)30(31)34-24-28-18-11-6-12-19-28/h4-20,29-30H,21-25H2,1-3H3/t29-,30+,31-/m1/s1. The molecular weight excluding hydrogens is 464 g/mol. The average Bonchev–Trinajstić information content (AvgIpc) is 2.88. The van der Waals surface area contributed by atoms with Gasteiger partial charge in [-0.3, -0.25) is 0 Å². The molecule has 0 unspecified atom stereocenters. The predicted molar refractivity (Wildman–Crippen MR) is 147 cm³/mol. The summed E-state index contributed by atoms with van der Waals surface area (Å²) in [4.78, 5) is 0. The Bertz CT molecular complexity index is 1070. The van der Waals surface area contributed by atoms with Crippen molar-refractivity contribution in [2.45, 2.75) is 63.7 Å². The maximum absolute atomic E-state index is 6.95. The molecular formula is C31H38O4Si. The second kappa shape index (κ2) is 12.6. The summed E-state index contributed by atoms with van der Waals surface area (Å²) in [6.07, 6.45) is 4.45. The Morgan fingerprint density at radius 2 is 1.19 bits per heavy atom. The van der Waals surface area contributed by atoms with E-state index in [4.69, 9.17) is 18.6 Å². The van der Waals surface area contributed by atoms with E-state index in [1.54, 1.807) is 0 Å². The Labute approximate surface area is 217 Å². The van der Waals surface area contributed by atoms with E-state index in [0.717, 1.165) is 23.1 Å². The van der Waals surface area contributed by atoms with E-state index in [9.17, 15) is 0 Å². The first-order valence-electron chi connectivity index (χ1n) is 12.7. The zero-order valence-corrected chi connectivity index (χ0v) is 22.6. The molecule has 1 aliphatic rings. The van der Waals surface area contributed by atoms with Crippen molar-refractivity contribution in [3.05, 3.63) is 120 Å². The highest BCUT2D eigenvalue weighted by Crippen LogP contribution is 2.36. The van der Waals surface area contributed by atoms with Gasteiger partial charge in [-0.15, -0.1) is 0 Å². The molecule has 4 rings (SSSR count). The third kappa shape index (κ3) is 7.73. The van der Waals surface area contributed by atoms with Crippen LogP contribution in [0.25, 0.3) is 0 Å². The molecule has 0 bridgehead atoms. The summed E-state index contributed by atoms with van der Waals surface area (Å²) in [6, 6.07) is 30.8. The van der Waals surface area contributed by atoms with Gasteiger partial charge in [0.25, 0.3) is 0 Å². The third-order valence-electron chi connectivity index (χ3n) is 6.13. The lowest BCUT2D eigenvalue weighted by molar-refractivity contribution is -0.182. The molecule has 4 nitrogen and oxygen atoms in total. The molecule has 0 saturated heterocycles. The van der Waals surface area contributed by atoms with Crippen molar-refractivity contribution < 1.29 is 18.6 Å². The summed E-state index contributed by atoms with van der Waals surface area (Å²) in [5.41, 5.74) is 2.77. The highest BCUT2D eigenvalue weighted by Gasteiger charge is 2.49. The maximum atomic E-state index is 6.95. The van der Waals surface area contributed by atoms with Crippen LogP contribution in [0.3, 0.4) is 0 Å². The van der Waals surface area contributed by atoms with Gasteiger partial charge in [0.1, 0.15) is 17.8 Å². The van der Waals surface area contributed by atoms with E-state index in [0.29, 0.717) is 26.4 Å². The lowest BCUT2D eigenvalue weighted by Gasteiger charge is -2.47. The fourth-order valence-electron chi connectivity index (χ4n) is 4.63. The Morgan fingerprint density at radius 3 is 1.72 bits per heavy atom. The van der Waals surface area contributed by atoms with Gasteiger partial charge in [0.15, 0.2) is 8.32 Å². The molecule has 0 aromatic heterocycles. The molecule has 0 N–H and O–H groups in total. The summed E-state index contributed by atoms with van der Waals surface area (Å²) in [5.74, 6) is 0. The van der Waals surface area contributed by atoms with Gasteiger partial charge in [-0.25, -0.2) is 0 Å². The lowest BCUT2D eigenvalue weighted by atomic mass is 9.85. The second-order valence-electron chi connectivity index (χ2n) is 10.4. The monoisotopic (exact) mass is 502 g/mol. The Hall–Kier alpha value is -2.54. The minimum atomic E-state index is -1.96. The minimum absolute atomic E-state index is 0.251. The summed E-state index contributed by atoms with van der Waals surface area (Å²) in [5, 5.41) is 0. The van der Waals surface area contributed by atoms with Crippen molar-refractivity contribution in [3.63, 3.8) is 0 Å². The van der Waals surface area contributed by atoms with E-state index in [1.165, 1.54) is 0 Å². The summed E-state index contributed by atoms with van der Waals surface area (Å²) in [7, 11) is -1.96. The smallest absolute Gasteiger partial charge is 0.184 e. The molecule has 3 aromatic rings. The molecule has 0 aliphatic heterocycles. The second-order valence-corrected chi connectivity index (χ2v) is 14.8. The number of hydrogen-bond donors (Lipinski definition) is 0. The van der Waals surface area contributed by atoms with Gasteiger partial charge in [0.2, 0.25) is 0 Å². The SMILES string of the molecule is C[Si](C)(C)O[C@@]1(COCc2ccccc2)CC=C[C@@H](OCc2ccccc2)[C@@H]1OCc1ccccc1. The van der Waals surface area contributed by atoms with Crippen LogP contribution in [0.15, 0.2) is 103 Å². The Morgan fingerprint density at radius 1 is 0.694 bits per heavy atom. The normalized spacial score (nSPS) is 22.0. The van der Waals surface area contributed by atoms with Crippen molar-refractivity contribution in [1.82, 2.24) is 0 Å². The number of rotatable bonds is 12. The first-order chi connectivity index (χ1) is 17.4. The van der Waals surface area contributed by atoms with E-state index in [-0.39, 0.29) is 12.2 Å². The van der Waals surface area contributed by atoms with Crippen LogP contribution in [0.5, 0.6) is 0 Å². The van der Waals surface area contributed by atoms with Crippen LogP contribution in [0.4, 0.5) is 0 Å². The van der Waals surface area contributed by atoms with Crippen LogP contribution in [-0.4, -0.2) is 32.7 Å². The highest BCUT2D eigenvalue weighted by molar-refractivity contribution is 6.69. The van der Waals surface area contributed by atoms with E-state index in [2.05, 4.69) is 68.2 Å². The fourth-order valence-corrected chi connectivity index (χ4v) is 6.11. The van der Waals surface area contributed by atoms with Crippen LogP contribution in [0, 0.1) is 0 Å². The van der Waals surface area contributed by atoms with E-state index >= 15 is 0 Å². The van der Waals surface area contributed by atoms with Crippen molar-refractivity contribution in [3.8, 4) is 0 Å².